The minimum Gasteiger partial charge on any atom is -0.390 e. The molecule has 28 heavy (non-hydrogen) atoms. The molecule has 1 saturated carbocycles. The fourth-order valence-electron chi connectivity index (χ4n) is 6.40. The highest BCUT2D eigenvalue weighted by atomic mass is 16.3. The molecule has 0 radical (unpaired) electrons. The maximum Gasteiger partial charge on any atom is 0.241 e. The topological polar surface area (TPSA) is 67.8 Å². The standard InChI is InChI=1S/C22H32N4O2/c1-25(2)19-14-6-3-4-8-16(14)22(20(19)27)10-12-26(13-11-22)21(28)18-15-7-5-9-17(15)23-24-18/h3-4,6,8,15,17-20,23-24,27H,5,7,9-13H2,1-2H3/t15?,17?,18?,19-,20+/m0/s1. The Labute approximate surface area is 167 Å². The van der Waals surface area contributed by atoms with E-state index in [9.17, 15) is 9.90 Å². The van der Waals surface area contributed by atoms with Crippen molar-refractivity contribution in [2.75, 3.05) is 27.2 Å². The monoisotopic (exact) mass is 384 g/mol. The molecule has 2 heterocycles. The van der Waals surface area contributed by atoms with Crippen LogP contribution in [0.3, 0.4) is 0 Å². The fraction of sp³-hybridized carbons (Fsp3) is 0.682. The minimum atomic E-state index is -0.428. The van der Waals surface area contributed by atoms with E-state index in [2.05, 4.69) is 40.0 Å². The lowest BCUT2D eigenvalue weighted by Crippen LogP contribution is -2.54. The summed E-state index contributed by atoms with van der Waals surface area (Å²) in [5.74, 6) is 0.668. The van der Waals surface area contributed by atoms with Gasteiger partial charge in [-0.3, -0.25) is 10.2 Å². The number of nitrogens with zero attached hydrogens (tertiary/aromatic N) is 2. The number of likely N-dealkylation sites (tertiary alicyclic amines) is 1. The number of amides is 1. The summed E-state index contributed by atoms with van der Waals surface area (Å²) in [6.45, 7) is 1.44. The summed E-state index contributed by atoms with van der Waals surface area (Å²) in [7, 11) is 4.08. The third-order valence-corrected chi connectivity index (χ3v) is 7.89. The molecule has 6 heteroatoms. The number of hydrogen-bond donors (Lipinski definition) is 3. The SMILES string of the molecule is CN(C)[C@H]1c2ccccc2C2(CCN(C(=O)C3NNC4CCCC43)CC2)[C@@H]1O. The van der Waals surface area contributed by atoms with Crippen molar-refractivity contribution in [1.82, 2.24) is 20.7 Å². The van der Waals surface area contributed by atoms with Gasteiger partial charge in [0.05, 0.1) is 12.1 Å². The first-order chi connectivity index (χ1) is 13.5. The number of hydrogen-bond acceptors (Lipinski definition) is 5. The van der Waals surface area contributed by atoms with Gasteiger partial charge in [0, 0.05) is 30.5 Å². The van der Waals surface area contributed by atoms with Crippen molar-refractivity contribution in [3.63, 3.8) is 0 Å². The Kier molecular flexibility index (Phi) is 4.51. The molecule has 2 aliphatic carbocycles. The summed E-state index contributed by atoms with van der Waals surface area (Å²) < 4.78 is 0. The van der Waals surface area contributed by atoms with Gasteiger partial charge in [0.15, 0.2) is 0 Å². The van der Waals surface area contributed by atoms with Crippen LogP contribution in [-0.4, -0.2) is 66.2 Å². The highest BCUT2D eigenvalue weighted by molar-refractivity contribution is 5.83. The van der Waals surface area contributed by atoms with E-state index in [4.69, 9.17) is 0 Å². The Balaban J connectivity index is 1.35. The van der Waals surface area contributed by atoms with Gasteiger partial charge in [-0.25, -0.2) is 5.43 Å². The first-order valence-corrected chi connectivity index (χ1v) is 10.8. The van der Waals surface area contributed by atoms with Crippen LogP contribution in [0.15, 0.2) is 24.3 Å². The van der Waals surface area contributed by atoms with E-state index >= 15 is 0 Å². The van der Waals surface area contributed by atoms with Gasteiger partial charge in [-0.1, -0.05) is 30.7 Å². The van der Waals surface area contributed by atoms with Gasteiger partial charge in [-0.15, -0.1) is 0 Å². The van der Waals surface area contributed by atoms with Crippen molar-refractivity contribution in [2.24, 2.45) is 5.92 Å². The zero-order valence-electron chi connectivity index (χ0n) is 16.9. The normalized spacial score (nSPS) is 36.1. The van der Waals surface area contributed by atoms with E-state index in [-0.39, 0.29) is 23.4 Å². The average Bonchev–Trinajstić information content (AvgIpc) is 3.36. The number of fused-ring (bicyclic) bond motifs is 3. The van der Waals surface area contributed by atoms with Crippen molar-refractivity contribution in [3.8, 4) is 0 Å². The van der Waals surface area contributed by atoms with Crippen LogP contribution in [0.25, 0.3) is 0 Å². The molecule has 5 rings (SSSR count). The summed E-state index contributed by atoms with van der Waals surface area (Å²) in [5.41, 5.74) is 8.89. The van der Waals surface area contributed by atoms with E-state index in [1.165, 1.54) is 24.0 Å². The van der Waals surface area contributed by atoms with Crippen molar-refractivity contribution < 1.29 is 9.90 Å². The van der Waals surface area contributed by atoms with E-state index in [0.717, 1.165) is 32.4 Å². The Hall–Kier alpha value is -1.47. The second-order valence-corrected chi connectivity index (χ2v) is 9.39. The molecule has 1 aromatic rings. The Bertz CT molecular complexity index is 759. The van der Waals surface area contributed by atoms with Crippen LogP contribution in [0.1, 0.15) is 49.3 Å². The van der Waals surface area contributed by atoms with Gasteiger partial charge in [-0.2, -0.15) is 0 Å². The highest BCUT2D eigenvalue weighted by Gasteiger charge is 2.54. The van der Waals surface area contributed by atoms with Gasteiger partial charge in [-0.05, 0) is 50.9 Å². The van der Waals surface area contributed by atoms with Crippen LogP contribution in [0.5, 0.6) is 0 Å². The third kappa shape index (κ3) is 2.58. The van der Waals surface area contributed by atoms with Crippen LogP contribution < -0.4 is 10.9 Å². The molecule has 1 aromatic carbocycles. The van der Waals surface area contributed by atoms with Gasteiger partial charge >= 0.3 is 0 Å². The lowest BCUT2D eigenvalue weighted by atomic mass is 9.71. The molecule has 1 spiro atoms. The molecule has 3 N–H and O–H groups in total. The Morgan fingerprint density at radius 3 is 2.68 bits per heavy atom. The number of hydrazine groups is 1. The molecule has 4 aliphatic rings. The number of nitrogens with one attached hydrogen (secondary N) is 2. The second-order valence-electron chi connectivity index (χ2n) is 9.39. The highest BCUT2D eigenvalue weighted by Crippen LogP contribution is 2.52. The molecule has 152 valence electrons. The van der Waals surface area contributed by atoms with E-state index < -0.39 is 6.10 Å². The number of rotatable bonds is 2. The van der Waals surface area contributed by atoms with Crippen LogP contribution in [0, 0.1) is 5.92 Å². The van der Waals surface area contributed by atoms with Gasteiger partial charge in [0.25, 0.3) is 0 Å². The lowest BCUT2D eigenvalue weighted by molar-refractivity contribution is -0.136. The Morgan fingerprint density at radius 1 is 1.18 bits per heavy atom. The number of carbonyl (C=O) groups is 1. The van der Waals surface area contributed by atoms with Crippen molar-refractivity contribution in [1.29, 1.82) is 0 Å². The first-order valence-electron chi connectivity index (χ1n) is 10.8. The van der Waals surface area contributed by atoms with E-state index in [1.54, 1.807) is 0 Å². The predicted molar refractivity (Wildman–Crippen MR) is 108 cm³/mol. The van der Waals surface area contributed by atoms with Crippen molar-refractivity contribution >= 4 is 5.91 Å². The Morgan fingerprint density at radius 2 is 1.93 bits per heavy atom. The van der Waals surface area contributed by atoms with Gasteiger partial charge in [0.1, 0.15) is 6.04 Å². The number of benzene rings is 1. The summed E-state index contributed by atoms with van der Waals surface area (Å²) in [6.07, 6.45) is 4.74. The second kappa shape index (κ2) is 6.80. The van der Waals surface area contributed by atoms with Crippen LogP contribution in [-0.2, 0) is 10.2 Å². The van der Waals surface area contributed by atoms with Crippen molar-refractivity contribution in [3.05, 3.63) is 35.4 Å². The fourth-order valence-corrected chi connectivity index (χ4v) is 6.40. The van der Waals surface area contributed by atoms with E-state index in [0.29, 0.717) is 12.0 Å². The summed E-state index contributed by atoms with van der Waals surface area (Å²) >= 11 is 0. The molecule has 0 aromatic heterocycles. The van der Waals surface area contributed by atoms with E-state index in [1.807, 2.05) is 19.0 Å². The maximum absolute atomic E-state index is 13.2. The van der Waals surface area contributed by atoms with Crippen molar-refractivity contribution in [2.45, 2.75) is 61.7 Å². The zero-order valence-corrected chi connectivity index (χ0v) is 16.9. The lowest BCUT2D eigenvalue weighted by Gasteiger charge is -2.44. The quantitative estimate of drug-likeness (QED) is 0.714. The smallest absolute Gasteiger partial charge is 0.241 e. The van der Waals surface area contributed by atoms with Crippen LogP contribution in [0.4, 0.5) is 0 Å². The van der Waals surface area contributed by atoms with Gasteiger partial charge in [0.2, 0.25) is 5.91 Å². The molecule has 6 nitrogen and oxygen atoms in total. The summed E-state index contributed by atoms with van der Waals surface area (Å²) in [6, 6.07) is 8.88. The third-order valence-electron chi connectivity index (χ3n) is 7.89. The molecule has 0 bridgehead atoms. The molecule has 2 saturated heterocycles. The molecule has 3 unspecified atom stereocenters. The molecule has 3 fully saturated rings. The number of likely N-dealkylation sites (N-methyl/N-ethyl adjacent to an activating group) is 1. The summed E-state index contributed by atoms with van der Waals surface area (Å²) in [4.78, 5) is 17.4. The largest absolute Gasteiger partial charge is 0.390 e. The molecular weight excluding hydrogens is 352 g/mol. The number of aliphatic hydroxyl groups is 1. The zero-order chi connectivity index (χ0) is 19.5. The van der Waals surface area contributed by atoms with Crippen LogP contribution >= 0.6 is 0 Å². The number of piperidine rings is 1. The maximum atomic E-state index is 13.2. The van der Waals surface area contributed by atoms with Gasteiger partial charge < -0.3 is 14.9 Å². The number of aliphatic hydroxyl groups excluding tert-OH is 1. The first kappa shape index (κ1) is 18.6. The molecule has 1 amide bonds. The number of carbonyl (C=O) groups excluding carboxylic acids is 1. The van der Waals surface area contributed by atoms with Crippen LogP contribution in [0.2, 0.25) is 0 Å². The molecule has 2 aliphatic heterocycles. The minimum absolute atomic E-state index is 0.0263. The predicted octanol–water partition coefficient (Wildman–Crippen LogP) is 1.17. The molecule has 5 atom stereocenters. The summed E-state index contributed by atoms with van der Waals surface area (Å²) in [5, 5.41) is 11.3. The average molecular weight is 385 g/mol. The molecular formula is C22H32N4O2.